The highest BCUT2D eigenvalue weighted by Crippen LogP contribution is 2.21. The summed E-state index contributed by atoms with van der Waals surface area (Å²) in [4.78, 5) is 16.2. The standard InChI is InChI=1S/C16H13N3O.C2H7N/c20-16(18-12-6-2-1-3-7-12)19-15-10-11-17-14-9-5-4-8-13(14)15;1-3-2/h1-11H,(H2,17,18,19,20);3H,1-2H3. The minimum Gasteiger partial charge on any atom is -0.323 e. The molecule has 1 aromatic heterocycles. The van der Waals surface area contributed by atoms with E-state index in [1.807, 2.05) is 68.7 Å². The molecule has 0 aliphatic carbocycles. The molecule has 5 nitrogen and oxygen atoms in total. The van der Waals surface area contributed by atoms with Crippen LogP contribution in [0.3, 0.4) is 0 Å². The normalized spacial score (nSPS) is 9.65. The first kappa shape index (κ1) is 16.5. The first-order chi connectivity index (χ1) is 11.2. The van der Waals surface area contributed by atoms with E-state index in [1.165, 1.54) is 0 Å². The zero-order valence-electron chi connectivity index (χ0n) is 13.2. The van der Waals surface area contributed by atoms with E-state index in [4.69, 9.17) is 0 Å². The Morgan fingerprint density at radius 1 is 0.870 bits per heavy atom. The second-order valence-electron chi connectivity index (χ2n) is 4.82. The second-order valence-corrected chi connectivity index (χ2v) is 4.82. The number of benzene rings is 2. The van der Waals surface area contributed by atoms with E-state index in [0.717, 1.165) is 22.3 Å². The molecular weight excluding hydrogens is 288 g/mol. The predicted octanol–water partition coefficient (Wildman–Crippen LogP) is 3.71. The summed E-state index contributed by atoms with van der Waals surface area (Å²) in [5, 5.41) is 9.29. The third-order valence-electron chi connectivity index (χ3n) is 2.93. The van der Waals surface area contributed by atoms with Gasteiger partial charge in [-0.3, -0.25) is 4.98 Å². The number of hydrogen-bond acceptors (Lipinski definition) is 3. The van der Waals surface area contributed by atoms with E-state index in [2.05, 4.69) is 20.9 Å². The van der Waals surface area contributed by atoms with Gasteiger partial charge in [0.25, 0.3) is 0 Å². The SMILES string of the molecule is CNC.O=C(Nc1ccccc1)Nc1ccnc2ccccc12. The number of pyridine rings is 1. The maximum atomic E-state index is 12.0. The van der Waals surface area contributed by atoms with Crippen molar-refractivity contribution in [3.8, 4) is 0 Å². The van der Waals surface area contributed by atoms with Gasteiger partial charge in [0.05, 0.1) is 11.2 Å². The van der Waals surface area contributed by atoms with Crippen molar-refractivity contribution < 1.29 is 4.79 Å². The molecule has 0 saturated heterocycles. The third-order valence-corrected chi connectivity index (χ3v) is 2.93. The Bertz CT molecular complexity index is 754. The van der Waals surface area contributed by atoms with E-state index >= 15 is 0 Å². The number of aromatic nitrogens is 1. The summed E-state index contributed by atoms with van der Waals surface area (Å²) < 4.78 is 0. The number of carbonyl (C=O) groups excluding carboxylic acids is 1. The summed E-state index contributed by atoms with van der Waals surface area (Å²) in [6.45, 7) is 0. The van der Waals surface area contributed by atoms with Crippen molar-refractivity contribution in [2.75, 3.05) is 24.7 Å². The van der Waals surface area contributed by atoms with Gasteiger partial charge in [-0.2, -0.15) is 0 Å². The predicted molar refractivity (Wildman–Crippen MR) is 95.8 cm³/mol. The lowest BCUT2D eigenvalue weighted by Gasteiger charge is -2.09. The minimum atomic E-state index is -0.271. The Kier molecular flexibility index (Phi) is 6.08. The largest absolute Gasteiger partial charge is 0.323 e. The van der Waals surface area contributed by atoms with E-state index in [1.54, 1.807) is 12.3 Å². The summed E-state index contributed by atoms with van der Waals surface area (Å²) in [6.07, 6.45) is 1.68. The van der Waals surface area contributed by atoms with Gasteiger partial charge in [-0.15, -0.1) is 0 Å². The maximum absolute atomic E-state index is 12.0. The van der Waals surface area contributed by atoms with Crippen LogP contribution in [-0.2, 0) is 0 Å². The van der Waals surface area contributed by atoms with E-state index in [9.17, 15) is 4.79 Å². The van der Waals surface area contributed by atoms with Gasteiger partial charge in [0.15, 0.2) is 0 Å². The van der Waals surface area contributed by atoms with Gasteiger partial charge in [-0.05, 0) is 38.4 Å². The smallest absolute Gasteiger partial charge is 0.323 e. The molecule has 0 bridgehead atoms. The number of nitrogens with zero attached hydrogens (tertiary/aromatic N) is 1. The number of para-hydroxylation sites is 2. The summed E-state index contributed by atoms with van der Waals surface area (Å²) >= 11 is 0. The molecule has 0 aliphatic heterocycles. The number of carbonyl (C=O) groups is 1. The average molecular weight is 308 g/mol. The quantitative estimate of drug-likeness (QED) is 0.676. The van der Waals surface area contributed by atoms with Crippen molar-refractivity contribution in [1.29, 1.82) is 0 Å². The van der Waals surface area contributed by atoms with Crippen LogP contribution in [0.5, 0.6) is 0 Å². The van der Waals surface area contributed by atoms with Crippen LogP contribution in [-0.4, -0.2) is 25.1 Å². The van der Waals surface area contributed by atoms with Gasteiger partial charge in [0, 0.05) is 17.3 Å². The minimum absolute atomic E-state index is 0.271. The Labute approximate surface area is 135 Å². The van der Waals surface area contributed by atoms with Crippen molar-refractivity contribution in [2.24, 2.45) is 0 Å². The topological polar surface area (TPSA) is 66.1 Å². The lowest BCUT2D eigenvalue weighted by molar-refractivity contribution is 0.262. The molecule has 5 heteroatoms. The lowest BCUT2D eigenvalue weighted by atomic mass is 10.2. The van der Waals surface area contributed by atoms with Gasteiger partial charge in [0.2, 0.25) is 0 Å². The molecule has 118 valence electrons. The van der Waals surface area contributed by atoms with E-state index in [0.29, 0.717) is 0 Å². The molecule has 0 unspecified atom stereocenters. The lowest BCUT2D eigenvalue weighted by Crippen LogP contribution is -2.19. The molecule has 0 radical (unpaired) electrons. The highest BCUT2D eigenvalue weighted by Gasteiger charge is 2.05. The van der Waals surface area contributed by atoms with Gasteiger partial charge in [-0.1, -0.05) is 36.4 Å². The average Bonchev–Trinajstić information content (AvgIpc) is 2.57. The number of nitrogens with one attached hydrogen (secondary N) is 3. The summed E-state index contributed by atoms with van der Waals surface area (Å²) in [7, 11) is 3.75. The zero-order valence-corrected chi connectivity index (χ0v) is 13.2. The molecule has 0 fully saturated rings. The zero-order chi connectivity index (χ0) is 16.5. The molecule has 0 saturated carbocycles. The molecule has 3 N–H and O–H groups in total. The van der Waals surface area contributed by atoms with Crippen LogP contribution >= 0.6 is 0 Å². The Morgan fingerprint density at radius 3 is 2.26 bits per heavy atom. The van der Waals surface area contributed by atoms with Crippen LogP contribution in [0, 0.1) is 0 Å². The Morgan fingerprint density at radius 2 is 1.52 bits per heavy atom. The summed E-state index contributed by atoms with van der Waals surface area (Å²) in [5.74, 6) is 0. The first-order valence-corrected chi connectivity index (χ1v) is 7.30. The number of urea groups is 1. The molecular formula is C18H20N4O. The number of fused-ring (bicyclic) bond motifs is 1. The summed E-state index contributed by atoms with van der Waals surface area (Å²) in [6, 6.07) is 18.5. The fraction of sp³-hybridized carbons (Fsp3) is 0.111. The number of anilines is 2. The third kappa shape index (κ3) is 4.79. The highest BCUT2D eigenvalue weighted by molar-refractivity contribution is 6.05. The van der Waals surface area contributed by atoms with Crippen molar-refractivity contribution in [1.82, 2.24) is 10.3 Å². The molecule has 0 spiro atoms. The van der Waals surface area contributed by atoms with Gasteiger partial charge in [0.1, 0.15) is 0 Å². The highest BCUT2D eigenvalue weighted by atomic mass is 16.2. The molecule has 2 aromatic carbocycles. The molecule has 0 aliphatic rings. The van der Waals surface area contributed by atoms with E-state index < -0.39 is 0 Å². The molecule has 3 rings (SSSR count). The van der Waals surface area contributed by atoms with Gasteiger partial charge in [-0.25, -0.2) is 4.79 Å². The van der Waals surface area contributed by atoms with Crippen molar-refractivity contribution >= 4 is 28.3 Å². The maximum Gasteiger partial charge on any atom is 0.323 e. The van der Waals surface area contributed by atoms with E-state index in [-0.39, 0.29) is 6.03 Å². The van der Waals surface area contributed by atoms with Crippen LogP contribution in [0.25, 0.3) is 10.9 Å². The van der Waals surface area contributed by atoms with Crippen LogP contribution in [0.1, 0.15) is 0 Å². The van der Waals surface area contributed by atoms with Gasteiger partial charge >= 0.3 is 6.03 Å². The molecule has 2 amide bonds. The fourth-order valence-electron chi connectivity index (χ4n) is 2.01. The van der Waals surface area contributed by atoms with Crippen LogP contribution in [0.2, 0.25) is 0 Å². The molecule has 0 atom stereocenters. The fourth-order valence-corrected chi connectivity index (χ4v) is 2.01. The summed E-state index contributed by atoms with van der Waals surface area (Å²) in [5.41, 5.74) is 2.34. The molecule has 1 heterocycles. The van der Waals surface area contributed by atoms with Crippen molar-refractivity contribution in [3.05, 3.63) is 66.9 Å². The number of hydrogen-bond donors (Lipinski definition) is 3. The molecule has 23 heavy (non-hydrogen) atoms. The van der Waals surface area contributed by atoms with Crippen LogP contribution < -0.4 is 16.0 Å². The van der Waals surface area contributed by atoms with Crippen molar-refractivity contribution in [3.63, 3.8) is 0 Å². The number of rotatable bonds is 2. The Hall–Kier alpha value is -2.92. The van der Waals surface area contributed by atoms with Crippen LogP contribution in [0.15, 0.2) is 66.9 Å². The Balaban J connectivity index is 0.000000595. The second kappa shape index (κ2) is 8.51. The van der Waals surface area contributed by atoms with Crippen molar-refractivity contribution in [2.45, 2.75) is 0 Å². The first-order valence-electron chi connectivity index (χ1n) is 7.30. The monoisotopic (exact) mass is 308 g/mol. The van der Waals surface area contributed by atoms with Gasteiger partial charge < -0.3 is 16.0 Å². The van der Waals surface area contributed by atoms with Crippen LogP contribution in [0.4, 0.5) is 16.2 Å². The number of amides is 2. The molecule has 3 aromatic rings.